The summed E-state index contributed by atoms with van der Waals surface area (Å²) in [7, 11) is 0. The van der Waals surface area contributed by atoms with Crippen LogP contribution in [0.15, 0.2) is 24.3 Å². The summed E-state index contributed by atoms with van der Waals surface area (Å²) < 4.78 is 0. The van der Waals surface area contributed by atoms with Crippen LogP contribution in [0.3, 0.4) is 0 Å². The zero-order chi connectivity index (χ0) is 15.4. The van der Waals surface area contributed by atoms with Crippen LogP contribution >= 0.6 is 0 Å². The summed E-state index contributed by atoms with van der Waals surface area (Å²) in [6, 6.07) is 7.70. The van der Waals surface area contributed by atoms with E-state index in [1.54, 1.807) is 0 Å². The zero-order valence-electron chi connectivity index (χ0n) is 13.1. The predicted molar refractivity (Wildman–Crippen MR) is 87.9 cm³/mol. The van der Waals surface area contributed by atoms with Crippen LogP contribution in [-0.2, 0) is 0 Å². The van der Waals surface area contributed by atoms with Crippen molar-refractivity contribution in [3.8, 4) is 0 Å². The third kappa shape index (κ3) is 3.47. The third-order valence-corrected chi connectivity index (χ3v) is 4.36. The van der Waals surface area contributed by atoms with Crippen molar-refractivity contribution in [1.29, 1.82) is 0 Å². The molecule has 1 aliphatic heterocycles. The van der Waals surface area contributed by atoms with Crippen LogP contribution in [0.5, 0.6) is 0 Å². The van der Waals surface area contributed by atoms with E-state index >= 15 is 0 Å². The van der Waals surface area contributed by atoms with Gasteiger partial charge in [0.2, 0.25) is 0 Å². The van der Waals surface area contributed by atoms with E-state index in [-0.39, 0.29) is 5.91 Å². The fourth-order valence-electron chi connectivity index (χ4n) is 3.21. The second-order valence-corrected chi connectivity index (χ2v) is 6.28. The zero-order valence-corrected chi connectivity index (χ0v) is 13.1. The van der Waals surface area contributed by atoms with Gasteiger partial charge in [-0.2, -0.15) is 5.10 Å². The van der Waals surface area contributed by atoms with E-state index in [0.717, 1.165) is 29.8 Å². The average Bonchev–Trinajstić information content (AvgIpc) is 2.95. The number of piperidine rings is 1. The largest absolute Gasteiger partial charge is 0.351 e. The molecular formula is C17H24N4O. The molecule has 118 valence electrons. The monoisotopic (exact) mass is 300 g/mol. The van der Waals surface area contributed by atoms with Gasteiger partial charge in [0.25, 0.3) is 5.91 Å². The van der Waals surface area contributed by atoms with Gasteiger partial charge in [0.05, 0.1) is 5.52 Å². The minimum Gasteiger partial charge on any atom is -0.351 e. The lowest BCUT2D eigenvalue weighted by Crippen LogP contribution is -2.36. The number of aromatic amines is 1. The predicted octanol–water partition coefficient (Wildman–Crippen LogP) is 2.41. The maximum absolute atomic E-state index is 12.2. The normalized spacial score (nSPS) is 19.4. The topological polar surface area (TPSA) is 61.0 Å². The summed E-state index contributed by atoms with van der Waals surface area (Å²) in [4.78, 5) is 14.7. The minimum atomic E-state index is -0.0931. The molecule has 1 aromatic heterocycles. The quantitative estimate of drug-likeness (QED) is 0.834. The second-order valence-electron chi connectivity index (χ2n) is 6.28. The molecule has 1 amide bonds. The van der Waals surface area contributed by atoms with Crippen LogP contribution in [-0.4, -0.2) is 47.2 Å². The van der Waals surface area contributed by atoms with Gasteiger partial charge in [-0.15, -0.1) is 0 Å². The first-order chi connectivity index (χ1) is 10.7. The lowest BCUT2D eigenvalue weighted by Gasteiger charge is -2.30. The van der Waals surface area contributed by atoms with Gasteiger partial charge in [-0.05, 0) is 44.3 Å². The van der Waals surface area contributed by atoms with Gasteiger partial charge < -0.3 is 10.2 Å². The molecule has 0 radical (unpaired) electrons. The van der Waals surface area contributed by atoms with Gasteiger partial charge in [0.1, 0.15) is 0 Å². The number of carbonyl (C=O) groups excluding carboxylic acids is 1. The van der Waals surface area contributed by atoms with Crippen molar-refractivity contribution in [2.45, 2.75) is 26.2 Å². The Hall–Kier alpha value is -1.88. The summed E-state index contributed by atoms with van der Waals surface area (Å²) in [5.74, 6) is 0.711. The first-order valence-electron chi connectivity index (χ1n) is 8.17. The van der Waals surface area contributed by atoms with E-state index in [2.05, 4.69) is 27.3 Å². The summed E-state index contributed by atoms with van der Waals surface area (Å²) >= 11 is 0. The number of aromatic nitrogens is 2. The van der Waals surface area contributed by atoms with Gasteiger partial charge in [0, 0.05) is 18.5 Å². The Balaban J connectivity index is 1.46. The van der Waals surface area contributed by atoms with Crippen molar-refractivity contribution < 1.29 is 4.79 Å². The number of fused-ring (bicyclic) bond motifs is 1. The van der Waals surface area contributed by atoms with Crippen molar-refractivity contribution in [2.24, 2.45) is 5.92 Å². The Morgan fingerprint density at radius 1 is 1.45 bits per heavy atom. The molecule has 3 rings (SSSR count). The van der Waals surface area contributed by atoms with E-state index in [4.69, 9.17) is 0 Å². The van der Waals surface area contributed by atoms with Crippen molar-refractivity contribution >= 4 is 16.8 Å². The first-order valence-corrected chi connectivity index (χ1v) is 8.17. The minimum absolute atomic E-state index is 0.0931. The Bertz CT molecular complexity index is 636. The number of nitrogens with zero attached hydrogens (tertiary/aromatic N) is 2. The van der Waals surface area contributed by atoms with E-state index in [1.807, 2.05) is 24.3 Å². The average molecular weight is 300 g/mol. The molecule has 1 aliphatic rings. The summed E-state index contributed by atoms with van der Waals surface area (Å²) in [5.41, 5.74) is 1.39. The Kier molecular flexibility index (Phi) is 4.73. The number of amides is 1. The van der Waals surface area contributed by atoms with Crippen LogP contribution in [0.1, 0.15) is 36.7 Å². The third-order valence-electron chi connectivity index (χ3n) is 4.36. The van der Waals surface area contributed by atoms with Crippen LogP contribution in [0, 0.1) is 5.92 Å². The molecular weight excluding hydrogens is 276 g/mol. The van der Waals surface area contributed by atoms with Crippen molar-refractivity contribution in [2.75, 3.05) is 26.2 Å². The molecule has 0 unspecified atom stereocenters. The van der Waals surface area contributed by atoms with Crippen molar-refractivity contribution in [3.63, 3.8) is 0 Å². The first kappa shape index (κ1) is 15.0. The SMILES string of the molecule is C[C@@H]1CCCN(CCCNC(=O)c2n[nH]c3ccccc23)C1. The summed E-state index contributed by atoms with van der Waals surface area (Å²) in [6.07, 6.45) is 3.63. The number of para-hydroxylation sites is 1. The standard InChI is InChI=1S/C17H24N4O/c1-13-6-4-10-21(12-13)11-5-9-18-17(22)16-14-7-2-3-8-15(14)19-20-16/h2-3,7-8,13H,4-6,9-12H2,1H3,(H,18,22)(H,19,20)/t13-/m1/s1. The van der Waals surface area contributed by atoms with Crippen molar-refractivity contribution in [3.05, 3.63) is 30.0 Å². The van der Waals surface area contributed by atoms with Crippen LogP contribution in [0.2, 0.25) is 0 Å². The molecule has 5 heteroatoms. The van der Waals surface area contributed by atoms with E-state index < -0.39 is 0 Å². The maximum atomic E-state index is 12.2. The fraction of sp³-hybridized carbons (Fsp3) is 0.529. The molecule has 0 saturated carbocycles. The lowest BCUT2D eigenvalue weighted by molar-refractivity contribution is 0.0946. The Morgan fingerprint density at radius 2 is 2.32 bits per heavy atom. The summed E-state index contributed by atoms with van der Waals surface area (Å²) in [5, 5.41) is 10.9. The van der Waals surface area contributed by atoms with E-state index in [9.17, 15) is 4.79 Å². The highest BCUT2D eigenvalue weighted by Crippen LogP contribution is 2.16. The highest BCUT2D eigenvalue weighted by Gasteiger charge is 2.16. The number of nitrogens with one attached hydrogen (secondary N) is 2. The molecule has 5 nitrogen and oxygen atoms in total. The van der Waals surface area contributed by atoms with Gasteiger partial charge in [-0.25, -0.2) is 0 Å². The molecule has 0 spiro atoms. The molecule has 1 saturated heterocycles. The molecule has 0 bridgehead atoms. The molecule has 2 N–H and O–H groups in total. The molecule has 0 aliphatic carbocycles. The lowest BCUT2D eigenvalue weighted by atomic mass is 10.0. The van der Waals surface area contributed by atoms with Gasteiger partial charge in [0.15, 0.2) is 5.69 Å². The molecule has 1 fully saturated rings. The highest BCUT2D eigenvalue weighted by molar-refractivity contribution is 6.04. The Morgan fingerprint density at radius 3 is 3.18 bits per heavy atom. The van der Waals surface area contributed by atoms with Crippen LogP contribution in [0.25, 0.3) is 10.9 Å². The number of H-pyrrole nitrogens is 1. The molecule has 22 heavy (non-hydrogen) atoms. The molecule has 2 aromatic rings. The summed E-state index contributed by atoms with van der Waals surface area (Å²) in [6.45, 7) is 6.47. The van der Waals surface area contributed by atoms with E-state index in [0.29, 0.717) is 12.2 Å². The second kappa shape index (κ2) is 6.92. The Labute approximate surface area is 131 Å². The van der Waals surface area contributed by atoms with Crippen molar-refractivity contribution in [1.82, 2.24) is 20.4 Å². The molecule has 1 aromatic carbocycles. The highest BCUT2D eigenvalue weighted by atomic mass is 16.1. The fourth-order valence-corrected chi connectivity index (χ4v) is 3.21. The molecule has 2 heterocycles. The van der Waals surface area contributed by atoms with E-state index in [1.165, 1.54) is 25.9 Å². The van der Waals surface area contributed by atoms with Gasteiger partial charge >= 0.3 is 0 Å². The van der Waals surface area contributed by atoms with Crippen LogP contribution < -0.4 is 5.32 Å². The number of benzene rings is 1. The smallest absolute Gasteiger partial charge is 0.272 e. The molecule has 1 atom stereocenters. The maximum Gasteiger partial charge on any atom is 0.272 e. The van der Waals surface area contributed by atoms with Crippen LogP contribution in [0.4, 0.5) is 0 Å². The van der Waals surface area contributed by atoms with Gasteiger partial charge in [-0.1, -0.05) is 25.1 Å². The van der Waals surface area contributed by atoms with Gasteiger partial charge in [-0.3, -0.25) is 9.89 Å². The number of hydrogen-bond donors (Lipinski definition) is 2. The number of hydrogen-bond acceptors (Lipinski definition) is 3. The number of carbonyl (C=O) groups is 1. The number of rotatable bonds is 5. The number of likely N-dealkylation sites (tertiary alicyclic amines) is 1.